The normalized spacial score (nSPS) is 19.4. The Bertz CT molecular complexity index is 781. The lowest BCUT2D eigenvalue weighted by Crippen LogP contribution is -2.38. The van der Waals surface area contributed by atoms with E-state index < -0.39 is 10.0 Å². The summed E-state index contributed by atoms with van der Waals surface area (Å²) in [5.74, 6) is 0. The first kappa shape index (κ1) is 14.6. The molecule has 1 aliphatic rings. The molecule has 6 heteroatoms. The monoisotopic (exact) mass is 322 g/mol. The van der Waals surface area contributed by atoms with Crippen molar-refractivity contribution in [1.29, 1.82) is 0 Å². The number of aryl methyl sites for hydroxylation is 1. The molecular formula is C15H18N2O2S2. The average molecular weight is 322 g/mol. The third-order valence-electron chi connectivity index (χ3n) is 3.97. The van der Waals surface area contributed by atoms with Crippen molar-refractivity contribution in [3.63, 3.8) is 0 Å². The van der Waals surface area contributed by atoms with Gasteiger partial charge in [0.2, 0.25) is 10.0 Å². The maximum absolute atomic E-state index is 12.9. The molecule has 0 aliphatic carbocycles. The third kappa shape index (κ3) is 2.37. The number of hydrogen-bond donors (Lipinski definition) is 1. The minimum Gasteiger partial charge on any atom is -0.398 e. The molecule has 0 saturated heterocycles. The number of nitrogens with two attached hydrogens (primary N) is 1. The molecule has 112 valence electrons. The van der Waals surface area contributed by atoms with E-state index in [1.54, 1.807) is 33.8 Å². The van der Waals surface area contributed by atoms with Gasteiger partial charge in [-0.15, -0.1) is 11.3 Å². The molecule has 2 heterocycles. The van der Waals surface area contributed by atoms with Gasteiger partial charge in [0, 0.05) is 17.5 Å². The van der Waals surface area contributed by atoms with Crippen molar-refractivity contribution < 1.29 is 8.42 Å². The molecular weight excluding hydrogens is 304 g/mol. The maximum atomic E-state index is 12.9. The van der Waals surface area contributed by atoms with Crippen molar-refractivity contribution in [2.24, 2.45) is 0 Å². The summed E-state index contributed by atoms with van der Waals surface area (Å²) in [6.45, 7) is 4.34. The average Bonchev–Trinajstić information content (AvgIpc) is 2.87. The Hall–Kier alpha value is -1.37. The maximum Gasteiger partial charge on any atom is 0.245 e. The van der Waals surface area contributed by atoms with E-state index in [9.17, 15) is 8.42 Å². The molecule has 1 unspecified atom stereocenters. The number of fused-ring (bicyclic) bond motifs is 1. The van der Waals surface area contributed by atoms with Crippen LogP contribution in [-0.2, 0) is 16.4 Å². The lowest BCUT2D eigenvalue weighted by Gasteiger charge is -2.32. The highest BCUT2D eigenvalue weighted by atomic mass is 32.2. The van der Waals surface area contributed by atoms with E-state index in [-0.39, 0.29) is 10.9 Å². The molecule has 4 nitrogen and oxygen atoms in total. The summed E-state index contributed by atoms with van der Waals surface area (Å²) in [5.41, 5.74) is 8.32. The Morgan fingerprint density at radius 1 is 1.33 bits per heavy atom. The first-order valence-corrected chi connectivity index (χ1v) is 9.17. The molecule has 0 amide bonds. The van der Waals surface area contributed by atoms with Crippen molar-refractivity contribution in [3.8, 4) is 0 Å². The Kier molecular flexibility index (Phi) is 3.55. The number of sulfonamides is 1. The molecule has 0 spiro atoms. The number of anilines is 1. The van der Waals surface area contributed by atoms with Crippen molar-refractivity contribution in [2.45, 2.75) is 31.2 Å². The van der Waals surface area contributed by atoms with Crippen LogP contribution in [-0.4, -0.2) is 19.3 Å². The van der Waals surface area contributed by atoms with Gasteiger partial charge < -0.3 is 5.73 Å². The van der Waals surface area contributed by atoms with Crippen LogP contribution < -0.4 is 5.73 Å². The van der Waals surface area contributed by atoms with Crippen LogP contribution in [0.1, 0.15) is 29.0 Å². The fraction of sp³-hybridized carbons (Fsp3) is 0.333. The molecule has 1 aromatic carbocycles. The minimum atomic E-state index is -3.57. The number of rotatable bonds is 2. The second kappa shape index (κ2) is 5.12. The van der Waals surface area contributed by atoms with E-state index in [4.69, 9.17) is 5.73 Å². The number of benzene rings is 1. The summed E-state index contributed by atoms with van der Waals surface area (Å²) in [7, 11) is -3.57. The van der Waals surface area contributed by atoms with E-state index in [0.717, 1.165) is 17.5 Å². The van der Waals surface area contributed by atoms with Gasteiger partial charge in [0.15, 0.2) is 0 Å². The molecule has 21 heavy (non-hydrogen) atoms. The Balaban J connectivity index is 2.03. The Morgan fingerprint density at radius 3 is 2.81 bits per heavy atom. The summed E-state index contributed by atoms with van der Waals surface area (Å²) >= 11 is 1.70. The fourth-order valence-corrected chi connectivity index (χ4v) is 5.52. The molecule has 0 fully saturated rings. The van der Waals surface area contributed by atoms with Gasteiger partial charge in [-0.25, -0.2) is 8.42 Å². The highest BCUT2D eigenvalue weighted by Gasteiger charge is 2.35. The van der Waals surface area contributed by atoms with Crippen LogP contribution in [0.15, 0.2) is 34.5 Å². The standard InChI is InChI=1S/C15H18N2O2S2/c1-10-3-4-15(13(16)9-10)21(18,19)17-7-5-14-12(11(17)2)6-8-20-14/h3-4,6,8-9,11H,5,7,16H2,1-2H3. The first-order chi connectivity index (χ1) is 9.91. The van der Waals surface area contributed by atoms with Crippen LogP contribution in [0.3, 0.4) is 0 Å². The fourth-order valence-electron chi connectivity index (χ4n) is 2.84. The van der Waals surface area contributed by atoms with Gasteiger partial charge in [-0.2, -0.15) is 4.31 Å². The lowest BCUT2D eigenvalue weighted by molar-refractivity contribution is 0.329. The predicted molar refractivity (Wildman–Crippen MR) is 85.9 cm³/mol. The van der Waals surface area contributed by atoms with Crippen LogP contribution in [0.2, 0.25) is 0 Å². The quantitative estimate of drug-likeness (QED) is 0.865. The van der Waals surface area contributed by atoms with E-state index in [1.807, 2.05) is 25.3 Å². The van der Waals surface area contributed by atoms with Gasteiger partial charge in [0.25, 0.3) is 0 Å². The zero-order chi connectivity index (χ0) is 15.2. The van der Waals surface area contributed by atoms with E-state index in [0.29, 0.717) is 12.2 Å². The minimum absolute atomic E-state index is 0.147. The molecule has 1 aromatic heterocycles. The van der Waals surface area contributed by atoms with Gasteiger partial charge in [0.1, 0.15) is 4.90 Å². The van der Waals surface area contributed by atoms with Gasteiger partial charge in [-0.05, 0) is 55.0 Å². The molecule has 2 aromatic rings. The first-order valence-electron chi connectivity index (χ1n) is 6.85. The molecule has 0 bridgehead atoms. The highest BCUT2D eigenvalue weighted by Crippen LogP contribution is 2.37. The van der Waals surface area contributed by atoms with E-state index in [1.165, 1.54) is 4.88 Å². The number of nitrogens with zero attached hydrogens (tertiary/aromatic N) is 1. The van der Waals surface area contributed by atoms with Crippen molar-refractivity contribution in [3.05, 3.63) is 45.6 Å². The van der Waals surface area contributed by atoms with Crippen LogP contribution in [0.4, 0.5) is 5.69 Å². The molecule has 1 atom stereocenters. The molecule has 0 saturated carbocycles. The van der Waals surface area contributed by atoms with Gasteiger partial charge >= 0.3 is 0 Å². The van der Waals surface area contributed by atoms with Crippen LogP contribution in [0.5, 0.6) is 0 Å². The topological polar surface area (TPSA) is 63.4 Å². The van der Waals surface area contributed by atoms with Gasteiger partial charge in [-0.3, -0.25) is 0 Å². The second-order valence-corrected chi connectivity index (χ2v) is 8.24. The highest BCUT2D eigenvalue weighted by molar-refractivity contribution is 7.89. The summed E-state index contributed by atoms with van der Waals surface area (Å²) in [6.07, 6.45) is 0.766. The second-order valence-electron chi connectivity index (χ2n) is 5.38. The SMILES string of the molecule is Cc1ccc(S(=O)(=O)N2CCc3sccc3C2C)c(N)c1. The largest absolute Gasteiger partial charge is 0.398 e. The summed E-state index contributed by atoms with van der Waals surface area (Å²) in [4.78, 5) is 1.49. The summed E-state index contributed by atoms with van der Waals surface area (Å²) in [5, 5.41) is 2.03. The lowest BCUT2D eigenvalue weighted by atomic mass is 10.0. The molecule has 1 aliphatic heterocycles. The summed E-state index contributed by atoms with van der Waals surface area (Å²) < 4.78 is 27.4. The van der Waals surface area contributed by atoms with E-state index in [2.05, 4.69) is 0 Å². The molecule has 3 rings (SSSR count). The van der Waals surface area contributed by atoms with Crippen LogP contribution in [0, 0.1) is 6.92 Å². The number of nitrogen functional groups attached to an aromatic ring is 1. The van der Waals surface area contributed by atoms with E-state index >= 15 is 0 Å². The Labute approximate surface area is 129 Å². The number of hydrogen-bond acceptors (Lipinski definition) is 4. The van der Waals surface area contributed by atoms with Gasteiger partial charge in [-0.1, -0.05) is 6.07 Å². The van der Waals surface area contributed by atoms with Crippen molar-refractivity contribution >= 4 is 27.0 Å². The summed E-state index contributed by atoms with van der Waals surface area (Å²) in [6, 6.07) is 6.97. The zero-order valence-corrected chi connectivity index (χ0v) is 13.7. The Morgan fingerprint density at radius 2 is 2.10 bits per heavy atom. The smallest absolute Gasteiger partial charge is 0.245 e. The van der Waals surface area contributed by atoms with Crippen LogP contribution >= 0.6 is 11.3 Å². The zero-order valence-electron chi connectivity index (χ0n) is 12.0. The van der Waals surface area contributed by atoms with Crippen molar-refractivity contribution in [2.75, 3.05) is 12.3 Å². The molecule has 2 N–H and O–H groups in total. The van der Waals surface area contributed by atoms with Crippen molar-refractivity contribution in [1.82, 2.24) is 4.31 Å². The molecule has 0 radical (unpaired) electrons. The number of thiophene rings is 1. The van der Waals surface area contributed by atoms with Gasteiger partial charge in [0.05, 0.1) is 5.69 Å². The van der Waals surface area contributed by atoms with Crippen LogP contribution in [0.25, 0.3) is 0 Å². The third-order valence-corrected chi connectivity index (χ3v) is 7.01. The predicted octanol–water partition coefficient (Wildman–Crippen LogP) is 2.95.